The maximum Gasteiger partial charge on any atom is 0.156 e. The van der Waals surface area contributed by atoms with Gasteiger partial charge in [0.1, 0.15) is 5.82 Å². The number of nitrogens with zero attached hydrogens (tertiary/aromatic N) is 6. The molecule has 3 aromatic rings. The van der Waals surface area contributed by atoms with E-state index < -0.39 is 0 Å². The van der Waals surface area contributed by atoms with Crippen LogP contribution in [0, 0.1) is 5.41 Å². The van der Waals surface area contributed by atoms with Crippen LogP contribution in [0.5, 0.6) is 0 Å². The highest BCUT2D eigenvalue weighted by Crippen LogP contribution is 2.22. The summed E-state index contributed by atoms with van der Waals surface area (Å²) in [6, 6.07) is 7.74. The molecule has 0 spiro atoms. The molecule has 156 valence electrons. The number of aromatic nitrogens is 4. The molecule has 0 bridgehead atoms. The van der Waals surface area contributed by atoms with Crippen LogP contribution in [0.15, 0.2) is 41.7 Å². The lowest BCUT2D eigenvalue weighted by Gasteiger charge is -2.23. The first kappa shape index (κ1) is 21.3. The van der Waals surface area contributed by atoms with Gasteiger partial charge in [-0.2, -0.15) is 5.10 Å². The summed E-state index contributed by atoms with van der Waals surface area (Å²) in [7, 11) is 1.70. The highest BCUT2D eigenvalue weighted by molar-refractivity contribution is 5.90. The van der Waals surface area contributed by atoms with Gasteiger partial charge in [-0.1, -0.05) is 13.8 Å². The van der Waals surface area contributed by atoms with Gasteiger partial charge in [-0.15, -0.1) is 5.10 Å². The number of fused-ring (bicyclic) bond motifs is 1. The summed E-state index contributed by atoms with van der Waals surface area (Å²) in [6.45, 7) is 6.31. The Hall–Kier alpha value is -3.42. The predicted octanol–water partition coefficient (Wildman–Crippen LogP) is 4.22. The summed E-state index contributed by atoms with van der Waals surface area (Å²) in [6.07, 6.45) is 8.78. The average Bonchev–Trinajstić information content (AvgIpc) is 2.77. The Balaban J connectivity index is 1.86. The summed E-state index contributed by atoms with van der Waals surface area (Å²) in [5, 5.41) is 19.2. The third-order valence-electron chi connectivity index (χ3n) is 4.68. The molecular weight excluding hydrogens is 376 g/mol. The zero-order chi connectivity index (χ0) is 21.3. The highest BCUT2D eigenvalue weighted by Gasteiger charge is 2.10. The molecule has 0 aliphatic carbocycles. The number of hydrogen-bond acceptors (Lipinski definition) is 8. The Morgan fingerprint density at radius 1 is 1.10 bits per heavy atom. The number of rotatable bonds is 10. The van der Waals surface area contributed by atoms with Crippen molar-refractivity contribution in [1.82, 2.24) is 20.2 Å². The topological polar surface area (TPSA) is 103 Å². The Labute approximate surface area is 177 Å². The number of pyridine rings is 2. The van der Waals surface area contributed by atoms with E-state index in [2.05, 4.69) is 49.2 Å². The van der Waals surface area contributed by atoms with E-state index in [0.717, 1.165) is 48.2 Å². The second-order valence-electron chi connectivity index (χ2n) is 7.01. The van der Waals surface area contributed by atoms with E-state index in [9.17, 15) is 0 Å². The first-order chi connectivity index (χ1) is 14.7. The number of hydrogen-bond donors (Lipinski definition) is 2. The van der Waals surface area contributed by atoms with Crippen molar-refractivity contribution in [2.75, 3.05) is 30.4 Å². The quantitative estimate of drug-likeness (QED) is 0.490. The van der Waals surface area contributed by atoms with Crippen LogP contribution in [-0.2, 0) is 0 Å². The summed E-state index contributed by atoms with van der Waals surface area (Å²) < 4.78 is 0. The van der Waals surface area contributed by atoms with Crippen molar-refractivity contribution in [1.29, 1.82) is 5.41 Å². The molecule has 0 aromatic carbocycles. The van der Waals surface area contributed by atoms with Gasteiger partial charge in [0.25, 0.3) is 0 Å². The van der Waals surface area contributed by atoms with Crippen molar-refractivity contribution in [2.24, 2.45) is 4.99 Å². The molecule has 3 aromatic heterocycles. The third-order valence-corrected chi connectivity index (χ3v) is 4.68. The van der Waals surface area contributed by atoms with Gasteiger partial charge in [0.05, 0.1) is 28.8 Å². The fraction of sp³-hybridized carbons (Fsp3) is 0.364. The van der Waals surface area contributed by atoms with E-state index in [-0.39, 0.29) is 5.92 Å². The summed E-state index contributed by atoms with van der Waals surface area (Å²) in [5.41, 5.74) is 3.47. The van der Waals surface area contributed by atoms with Gasteiger partial charge < -0.3 is 15.6 Å². The first-order valence-corrected chi connectivity index (χ1v) is 10.2. The summed E-state index contributed by atoms with van der Waals surface area (Å²) in [4.78, 5) is 15.5. The molecule has 0 saturated heterocycles. The number of anilines is 3. The molecule has 0 aliphatic rings. The third kappa shape index (κ3) is 5.14. The maximum atomic E-state index is 7.62. The van der Waals surface area contributed by atoms with E-state index in [0.29, 0.717) is 11.6 Å². The normalized spacial score (nSPS) is 12.2. The predicted molar refractivity (Wildman–Crippen MR) is 124 cm³/mol. The number of aliphatic imine (C=N–C) groups is 1. The Kier molecular flexibility index (Phi) is 7.37. The lowest BCUT2D eigenvalue weighted by atomic mass is 10.0. The van der Waals surface area contributed by atoms with Gasteiger partial charge in [0, 0.05) is 44.8 Å². The molecule has 8 heteroatoms. The lowest BCUT2D eigenvalue weighted by molar-refractivity contribution is 0.741. The SMILES string of the molecule is CCCN(CCC)c1cnnc(Nc2ccc3ncc(C(C=N)C=NC)cc3n2)c1. The van der Waals surface area contributed by atoms with E-state index in [1.807, 2.05) is 24.3 Å². The zero-order valence-corrected chi connectivity index (χ0v) is 17.7. The zero-order valence-electron chi connectivity index (χ0n) is 17.7. The fourth-order valence-corrected chi connectivity index (χ4v) is 3.29. The smallest absolute Gasteiger partial charge is 0.156 e. The van der Waals surface area contributed by atoms with Crippen LogP contribution in [0.1, 0.15) is 38.2 Å². The van der Waals surface area contributed by atoms with Crippen molar-refractivity contribution in [2.45, 2.75) is 32.6 Å². The van der Waals surface area contributed by atoms with Crippen molar-refractivity contribution in [3.05, 3.63) is 42.2 Å². The molecule has 0 saturated carbocycles. The largest absolute Gasteiger partial charge is 0.370 e. The molecular formula is C22H28N8. The molecule has 0 radical (unpaired) electrons. The maximum absolute atomic E-state index is 7.62. The monoisotopic (exact) mass is 404 g/mol. The Morgan fingerprint density at radius 2 is 1.90 bits per heavy atom. The molecule has 30 heavy (non-hydrogen) atoms. The Bertz CT molecular complexity index is 1010. The second-order valence-corrected chi connectivity index (χ2v) is 7.01. The van der Waals surface area contributed by atoms with Gasteiger partial charge in [0.2, 0.25) is 0 Å². The first-order valence-electron chi connectivity index (χ1n) is 10.2. The van der Waals surface area contributed by atoms with Gasteiger partial charge in [0.15, 0.2) is 5.82 Å². The summed E-state index contributed by atoms with van der Waals surface area (Å²) >= 11 is 0. The minimum Gasteiger partial charge on any atom is -0.370 e. The van der Waals surface area contributed by atoms with Crippen molar-refractivity contribution < 1.29 is 0 Å². The minimum absolute atomic E-state index is 0.212. The molecule has 0 amide bonds. The van der Waals surface area contributed by atoms with E-state index in [1.165, 1.54) is 6.21 Å². The van der Waals surface area contributed by atoms with Crippen LogP contribution in [0.4, 0.5) is 17.3 Å². The van der Waals surface area contributed by atoms with Crippen LogP contribution < -0.4 is 10.2 Å². The van der Waals surface area contributed by atoms with Crippen LogP contribution in [0.3, 0.4) is 0 Å². The van der Waals surface area contributed by atoms with Crippen LogP contribution in [0.2, 0.25) is 0 Å². The van der Waals surface area contributed by atoms with Gasteiger partial charge in [-0.3, -0.25) is 9.98 Å². The Morgan fingerprint density at radius 3 is 2.60 bits per heavy atom. The van der Waals surface area contributed by atoms with Gasteiger partial charge >= 0.3 is 0 Å². The van der Waals surface area contributed by atoms with Gasteiger partial charge in [-0.05, 0) is 36.6 Å². The van der Waals surface area contributed by atoms with Crippen LogP contribution in [-0.4, -0.2) is 52.7 Å². The molecule has 2 N–H and O–H groups in total. The molecule has 3 heterocycles. The van der Waals surface area contributed by atoms with E-state index in [1.54, 1.807) is 25.7 Å². The van der Waals surface area contributed by atoms with E-state index >= 15 is 0 Å². The minimum atomic E-state index is -0.212. The van der Waals surface area contributed by atoms with Crippen molar-refractivity contribution in [3.8, 4) is 0 Å². The second kappa shape index (κ2) is 10.4. The average molecular weight is 405 g/mol. The molecule has 1 atom stereocenters. The van der Waals surface area contributed by atoms with Gasteiger partial charge in [-0.25, -0.2) is 4.98 Å². The standard InChI is InChI=1S/C22H28N8/c1-4-8-30(9-5-2)18-11-22(29-26-15-18)28-21-7-6-19-20(27-21)10-16(14-25-19)17(12-23)13-24-3/h6-7,10-15,17,23H,4-5,8-9H2,1-3H3,(H,27,28,29). The molecule has 0 aliphatic heterocycles. The van der Waals surface area contributed by atoms with Crippen LogP contribution in [0.25, 0.3) is 11.0 Å². The molecule has 1 unspecified atom stereocenters. The summed E-state index contributed by atoms with van der Waals surface area (Å²) in [5.74, 6) is 1.10. The molecule has 0 fully saturated rings. The van der Waals surface area contributed by atoms with Crippen molar-refractivity contribution >= 4 is 40.8 Å². The molecule has 3 rings (SSSR count). The number of nitrogens with one attached hydrogen (secondary N) is 2. The van der Waals surface area contributed by atoms with Crippen molar-refractivity contribution in [3.63, 3.8) is 0 Å². The highest BCUT2D eigenvalue weighted by atomic mass is 15.2. The van der Waals surface area contributed by atoms with Crippen LogP contribution >= 0.6 is 0 Å². The fourth-order valence-electron chi connectivity index (χ4n) is 3.29. The lowest BCUT2D eigenvalue weighted by Crippen LogP contribution is -2.25. The molecule has 8 nitrogen and oxygen atoms in total. The van der Waals surface area contributed by atoms with E-state index in [4.69, 9.17) is 5.41 Å².